The Kier molecular flexibility index (Phi) is 4.52. The van der Waals surface area contributed by atoms with Gasteiger partial charge in [0, 0.05) is 26.7 Å². The lowest BCUT2D eigenvalue weighted by atomic mass is 10.3. The van der Waals surface area contributed by atoms with Crippen molar-refractivity contribution in [2.75, 3.05) is 13.7 Å². The number of aryl methyl sites for hydroxylation is 2. The van der Waals surface area contributed by atoms with E-state index < -0.39 is 5.97 Å². The van der Waals surface area contributed by atoms with Gasteiger partial charge in [-0.3, -0.25) is 4.79 Å². The van der Waals surface area contributed by atoms with Crippen molar-refractivity contribution < 1.29 is 14.6 Å². The van der Waals surface area contributed by atoms with Crippen LogP contribution in [0.4, 0.5) is 0 Å². The summed E-state index contributed by atoms with van der Waals surface area (Å²) in [5.41, 5.74) is 1.91. The van der Waals surface area contributed by atoms with E-state index in [1.54, 1.807) is 7.11 Å². The Morgan fingerprint density at radius 2 is 2.21 bits per heavy atom. The molecule has 0 bridgehead atoms. The molecule has 0 aliphatic heterocycles. The van der Waals surface area contributed by atoms with Crippen molar-refractivity contribution in [3.05, 3.63) is 30.1 Å². The van der Waals surface area contributed by atoms with E-state index in [0.29, 0.717) is 13.2 Å². The van der Waals surface area contributed by atoms with Crippen molar-refractivity contribution in [1.29, 1.82) is 0 Å². The smallest absolute Gasteiger partial charge is 0.305 e. The molecule has 0 aliphatic carbocycles. The zero-order chi connectivity index (χ0) is 13.7. The van der Waals surface area contributed by atoms with Gasteiger partial charge in [-0.05, 0) is 18.6 Å². The monoisotopic (exact) mass is 262 g/mol. The Hall–Kier alpha value is -1.88. The number of para-hydroxylation sites is 2. The van der Waals surface area contributed by atoms with Crippen LogP contribution in [0, 0.1) is 0 Å². The number of fused-ring (bicyclic) bond motifs is 1. The summed E-state index contributed by atoms with van der Waals surface area (Å²) in [6.45, 7) is 1.14. The number of ether oxygens (including phenoxy) is 1. The van der Waals surface area contributed by atoms with E-state index in [1.165, 1.54) is 0 Å². The van der Waals surface area contributed by atoms with E-state index in [2.05, 4.69) is 4.98 Å². The summed E-state index contributed by atoms with van der Waals surface area (Å²) in [5, 5.41) is 8.84. The maximum Gasteiger partial charge on any atom is 0.305 e. The lowest BCUT2D eigenvalue weighted by molar-refractivity contribution is -0.137. The van der Waals surface area contributed by atoms with E-state index >= 15 is 0 Å². The number of nitrogens with zero attached hydrogens (tertiary/aromatic N) is 2. The number of benzene rings is 1. The minimum Gasteiger partial charge on any atom is -0.481 e. The number of carbonyl (C=O) groups is 1. The average molecular weight is 262 g/mol. The quantitative estimate of drug-likeness (QED) is 0.776. The molecular weight excluding hydrogens is 244 g/mol. The number of aliphatic carboxylic acids is 1. The van der Waals surface area contributed by atoms with Crippen molar-refractivity contribution in [2.45, 2.75) is 25.8 Å². The van der Waals surface area contributed by atoms with Gasteiger partial charge in [0.25, 0.3) is 0 Å². The number of aromatic nitrogens is 2. The highest BCUT2D eigenvalue weighted by molar-refractivity contribution is 5.76. The molecule has 5 nitrogen and oxygen atoms in total. The van der Waals surface area contributed by atoms with Crippen LogP contribution in [-0.4, -0.2) is 34.3 Å². The molecule has 102 valence electrons. The third kappa shape index (κ3) is 3.32. The molecule has 0 fully saturated rings. The third-order valence-corrected chi connectivity index (χ3v) is 3.03. The fourth-order valence-electron chi connectivity index (χ4n) is 2.15. The molecule has 0 unspecified atom stereocenters. The first kappa shape index (κ1) is 13.5. The zero-order valence-electron chi connectivity index (χ0n) is 11.0. The van der Waals surface area contributed by atoms with E-state index in [9.17, 15) is 4.79 Å². The maximum atomic E-state index is 10.7. The van der Waals surface area contributed by atoms with Crippen LogP contribution < -0.4 is 0 Å². The molecule has 5 heteroatoms. The van der Waals surface area contributed by atoms with Gasteiger partial charge < -0.3 is 14.4 Å². The molecule has 1 aromatic carbocycles. The Bertz CT molecular complexity index is 563. The van der Waals surface area contributed by atoms with Gasteiger partial charge in [-0.15, -0.1) is 0 Å². The van der Waals surface area contributed by atoms with Crippen LogP contribution in [0.5, 0.6) is 0 Å². The van der Waals surface area contributed by atoms with Crippen molar-refractivity contribution in [1.82, 2.24) is 9.55 Å². The highest BCUT2D eigenvalue weighted by Gasteiger charge is 2.11. The SMILES string of the molecule is COCCCc1nc2ccccc2n1CCC(=O)O. The lowest BCUT2D eigenvalue weighted by Gasteiger charge is -2.07. The second-order valence-electron chi connectivity index (χ2n) is 4.41. The van der Waals surface area contributed by atoms with Crippen LogP contribution in [0.25, 0.3) is 11.0 Å². The largest absolute Gasteiger partial charge is 0.481 e. The highest BCUT2D eigenvalue weighted by atomic mass is 16.5. The minimum atomic E-state index is -0.791. The Morgan fingerprint density at radius 1 is 1.42 bits per heavy atom. The van der Waals surface area contributed by atoms with Gasteiger partial charge in [0.2, 0.25) is 0 Å². The Morgan fingerprint density at radius 3 is 2.95 bits per heavy atom. The first-order chi connectivity index (χ1) is 9.22. The molecule has 2 aromatic rings. The Balaban J connectivity index is 2.26. The van der Waals surface area contributed by atoms with E-state index in [0.717, 1.165) is 29.7 Å². The highest BCUT2D eigenvalue weighted by Crippen LogP contribution is 2.17. The number of carboxylic acids is 1. The molecule has 0 saturated carbocycles. The summed E-state index contributed by atoms with van der Waals surface area (Å²) >= 11 is 0. The summed E-state index contributed by atoms with van der Waals surface area (Å²) in [6, 6.07) is 7.81. The van der Waals surface area contributed by atoms with Crippen molar-refractivity contribution in [3.63, 3.8) is 0 Å². The molecule has 2 rings (SSSR count). The second kappa shape index (κ2) is 6.33. The molecule has 0 aliphatic rings. The molecule has 0 atom stereocenters. The first-order valence-electron chi connectivity index (χ1n) is 6.37. The predicted molar refractivity (Wildman–Crippen MR) is 72.2 cm³/mol. The van der Waals surface area contributed by atoms with E-state index in [-0.39, 0.29) is 6.42 Å². The number of carboxylic acid groups (broad SMARTS) is 1. The summed E-state index contributed by atoms with van der Waals surface area (Å²) < 4.78 is 7.04. The van der Waals surface area contributed by atoms with Crippen LogP contribution in [0.1, 0.15) is 18.7 Å². The van der Waals surface area contributed by atoms with Gasteiger partial charge in [0.05, 0.1) is 17.5 Å². The van der Waals surface area contributed by atoms with Crippen molar-refractivity contribution in [2.24, 2.45) is 0 Å². The van der Waals surface area contributed by atoms with Crippen LogP contribution in [0.2, 0.25) is 0 Å². The standard InChI is InChI=1S/C14H18N2O3/c1-19-10-4-7-13-15-11-5-2-3-6-12(11)16(13)9-8-14(17)18/h2-3,5-6H,4,7-10H2,1H3,(H,17,18). The fourth-order valence-corrected chi connectivity index (χ4v) is 2.15. The second-order valence-corrected chi connectivity index (χ2v) is 4.41. The van der Waals surface area contributed by atoms with Crippen LogP contribution >= 0.6 is 0 Å². The maximum absolute atomic E-state index is 10.7. The Labute approximate surface area is 111 Å². The lowest BCUT2D eigenvalue weighted by Crippen LogP contribution is -2.09. The number of imidazole rings is 1. The van der Waals surface area contributed by atoms with Crippen molar-refractivity contribution >= 4 is 17.0 Å². The molecule has 1 N–H and O–H groups in total. The molecule has 1 heterocycles. The summed E-state index contributed by atoms with van der Waals surface area (Å²) in [4.78, 5) is 15.3. The topological polar surface area (TPSA) is 64.4 Å². The normalized spacial score (nSPS) is 11.0. The van der Waals surface area contributed by atoms with Gasteiger partial charge in [0.15, 0.2) is 0 Å². The first-order valence-corrected chi connectivity index (χ1v) is 6.37. The van der Waals surface area contributed by atoms with Crippen molar-refractivity contribution in [3.8, 4) is 0 Å². The van der Waals surface area contributed by atoms with E-state index in [4.69, 9.17) is 9.84 Å². The summed E-state index contributed by atoms with van der Waals surface area (Å²) in [7, 11) is 1.67. The predicted octanol–water partition coefficient (Wildman–Crippen LogP) is 2.09. The van der Waals surface area contributed by atoms with Gasteiger partial charge in [-0.2, -0.15) is 0 Å². The van der Waals surface area contributed by atoms with Crippen LogP contribution in [0.3, 0.4) is 0 Å². The fraction of sp³-hybridized carbons (Fsp3) is 0.429. The molecule has 19 heavy (non-hydrogen) atoms. The van der Waals surface area contributed by atoms with Crippen LogP contribution in [-0.2, 0) is 22.5 Å². The molecule has 0 saturated heterocycles. The van der Waals surface area contributed by atoms with E-state index in [1.807, 2.05) is 28.8 Å². The van der Waals surface area contributed by atoms with Gasteiger partial charge in [-0.1, -0.05) is 12.1 Å². The minimum absolute atomic E-state index is 0.109. The van der Waals surface area contributed by atoms with Gasteiger partial charge in [0.1, 0.15) is 5.82 Å². The average Bonchev–Trinajstić information content (AvgIpc) is 2.74. The molecule has 0 radical (unpaired) electrons. The number of rotatable bonds is 7. The van der Waals surface area contributed by atoms with Gasteiger partial charge in [-0.25, -0.2) is 4.98 Å². The number of hydrogen-bond donors (Lipinski definition) is 1. The number of hydrogen-bond acceptors (Lipinski definition) is 3. The molecule has 0 spiro atoms. The van der Waals surface area contributed by atoms with Crippen LogP contribution in [0.15, 0.2) is 24.3 Å². The zero-order valence-corrected chi connectivity index (χ0v) is 11.0. The van der Waals surface area contributed by atoms with Gasteiger partial charge >= 0.3 is 5.97 Å². The number of methoxy groups -OCH3 is 1. The summed E-state index contributed by atoms with van der Waals surface area (Å²) in [6.07, 6.45) is 1.78. The summed E-state index contributed by atoms with van der Waals surface area (Å²) in [5.74, 6) is 0.139. The molecule has 1 aromatic heterocycles. The molecule has 0 amide bonds. The molecular formula is C14H18N2O3. The third-order valence-electron chi connectivity index (χ3n) is 3.03.